The fraction of sp³-hybridized carbons (Fsp3) is 0.923. The molecule has 10 rings (SSSR count). The van der Waals surface area contributed by atoms with E-state index in [1.807, 2.05) is 6.92 Å². The van der Waals surface area contributed by atoms with Crippen molar-refractivity contribution in [2.75, 3.05) is 0 Å². The summed E-state index contributed by atoms with van der Waals surface area (Å²) >= 11 is 0. The van der Waals surface area contributed by atoms with Crippen molar-refractivity contribution < 1.29 is 16.0 Å². The Labute approximate surface area is 83.4 Å². The van der Waals surface area contributed by atoms with E-state index in [0.717, 1.165) is 9.63 Å². The van der Waals surface area contributed by atoms with Crippen molar-refractivity contribution in [3.63, 3.8) is 0 Å². The molecule has 0 saturated carbocycles. The summed E-state index contributed by atoms with van der Waals surface area (Å²) in [5.41, 5.74) is 0. The van der Waals surface area contributed by atoms with E-state index >= 15 is 0 Å². The van der Waals surface area contributed by atoms with Crippen LogP contribution >= 0.6 is 0 Å². The van der Waals surface area contributed by atoms with E-state index in [1.54, 1.807) is 0 Å². The molecule has 10 heterocycles. The van der Waals surface area contributed by atoms with E-state index in [9.17, 15) is 4.79 Å². The normalized spacial score (nSPS) is 125. The number of rotatable bonds is 2. The molecular formula is C13H14FeO2. The van der Waals surface area contributed by atoms with Crippen molar-refractivity contribution in [1.82, 2.24) is 0 Å². The molecule has 0 aromatic rings. The fourth-order valence-corrected chi connectivity index (χ4v) is 88.8. The molecule has 0 N–H and O–H groups in total. The van der Waals surface area contributed by atoms with Crippen LogP contribution in [0.3, 0.4) is 0 Å². The van der Waals surface area contributed by atoms with E-state index in [0.29, 0.717) is 10.9 Å². The Morgan fingerprint density at radius 2 is 1.56 bits per heavy atom. The first-order chi connectivity index (χ1) is 7.50. The van der Waals surface area contributed by atoms with Crippen LogP contribution in [0.25, 0.3) is 0 Å². The Bertz CT molecular complexity index is 879. The van der Waals surface area contributed by atoms with E-state index < -0.39 is 6.51 Å². The van der Waals surface area contributed by atoms with Crippen LogP contribution in [-0.2, 0) is 16.0 Å². The van der Waals surface area contributed by atoms with Crippen LogP contribution in [0.2, 0.25) is 43.3 Å². The minimum atomic E-state index is -3.07. The molecule has 4 atom stereocenters. The molecule has 16 heavy (non-hydrogen) atoms. The summed E-state index contributed by atoms with van der Waals surface area (Å²) in [4.78, 5) is 23.0. The van der Waals surface area contributed by atoms with Crippen LogP contribution in [0.1, 0.15) is 13.3 Å². The second-order valence-electron chi connectivity index (χ2n) is 10.4. The van der Waals surface area contributed by atoms with Crippen molar-refractivity contribution >= 4 is 5.97 Å². The molecule has 0 aromatic carbocycles. The van der Waals surface area contributed by atoms with Crippen LogP contribution in [0.4, 0.5) is 0 Å². The van der Waals surface area contributed by atoms with Crippen LogP contribution in [0.5, 0.6) is 0 Å². The molecule has 0 bridgehead atoms. The van der Waals surface area contributed by atoms with Crippen LogP contribution in [0.15, 0.2) is 0 Å². The maximum atomic E-state index is 11.8. The van der Waals surface area contributed by atoms with Gasteiger partial charge in [0.2, 0.25) is 0 Å². The van der Waals surface area contributed by atoms with Gasteiger partial charge in [-0.05, 0) is 0 Å². The van der Waals surface area contributed by atoms with Gasteiger partial charge in [-0.2, -0.15) is 0 Å². The molecule has 10 aliphatic rings. The van der Waals surface area contributed by atoms with E-state index in [4.69, 9.17) is 4.74 Å². The zero-order valence-corrected chi connectivity index (χ0v) is 10.2. The van der Waals surface area contributed by atoms with Crippen molar-refractivity contribution in [3.8, 4) is 0 Å². The first-order valence-electron chi connectivity index (χ1n) is 6.93. The molecule has 0 aromatic heterocycles. The van der Waals surface area contributed by atoms with Gasteiger partial charge < -0.3 is 0 Å². The van der Waals surface area contributed by atoms with Gasteiger partial charge in [0.15, 0.2) is 0 Å². The SMILES string of the molecule is CCC(=O)O[C]12[CH]3[CH]4[CH]5[CH]1[Fe]45321678[CH]2[CH]1[CH]6[CH]7[CH]28. The molecule has 10 fully saturated rings. The van der Waals surface area contributed by atoms with Gasteiger partial charge in [-0.15, -0.1) is 0 Å². The quantitative estimate of drug-likeness (QED) is 0.561. The molecule has 1 spiro atoms. The number of hydrogen-bond donors (Lipinski definition) is 0. The van der Waals surface area contributed by atoms with Gasteiger partial charge in [0.25, 0.3) is 0 Å². The van der Waals surface area contributed by atoms with E-state index in [1.165, 1.54) is 33.7 Å². The zero-order valence-electron chi connectivity index (χ0n) is 9.07. The van der Waals surface area contributed by atoms with Crippen LogP contribution in [-0.4, -0.2) is 10.5 Å². The molecule has 10 saturated heterocycles. The Morgan fingerprint density at radius 3 is 1.81 bits per heavy atom. The number of fused-ring (bicyclic) bond motifs is 10. The molecule has 0 amide bonds. The van der Waals surface area contributed by atoms with Crippen molar-refractivity contribution in [2.45, 2.75) is 61.2 Å². The third kappa shape index (κ3) is 0.0488. The first kappa shape index (κ1) is 5.75. The Hall–Kier alpha value is -0.0105. The second-order valence-corrected chi connectivity index (χ2v) is 33.9. The first-order valence-corrected chi connectivity index (χ1v) is 13.2. The molecule has 86 valence electrons. The summed E-state index contributed by atoms with van der Waals surface area (Å²) in [6.07, 6.45) is 0.609. The molecular weight excluding hydrogens is 244 g/mol. The predicted molar refractivity (Wildman–Crippen MR) is 52.9 cm³/mol. The fourth-order valence-electron chi connectivity index (χ4n) is 16.5. The maximum absolute atomic E-state index is 11.8. The van der Waals surface area contributed by atoms with E-state index in [-0.39, 0.29) is 5.97 Å². The zero-order chi connectivity index (χ0) is 10.0. The van der Waals surface area contributed by atoms with Crippen molar-refractivity contribution in [2.24, 2.45) is 0 Å². The van der Waals surface area contributed by atoms with Crippen molar-refractivity contribution in [1.29, 1.82) is 0 Å². The average Bonchev–Trinajstić information content (AvgIpc) is 3.23. The number of carbonyl (C=O) groups excluding carboxylic acids is 1. The topological polar surface area (TPSA) is 26.3 Å². The van der Waals surface area contributed by atoms with Gasteiger partial charge >= 0.3 is 83.2 Å². The summed E-state index contributed by atoms with van der Waals surface area (Å²) in [5.74, 6) is 0.146. The Morgan fingerprint density at radius 1 is 1.06 bits per heavy atom. The number of esters is 1. The number of hydrogen-bond acceptors (Lipinski definition) is 2. The molecule has 0 aliphatic carbocycles. The average molecular weight is 258 g/mol. The Balaban J connectivity index is 1.58. The summed E-state index contributed by atoms with van der Waals surface area (Å²) < 4.78 is 6.60. The van der Waals surface area contributed by atoms with Crippen molar-refractivity contribution in [3.05, 3.63) is 0 Å². The standard InChI is InChI=1S/C8H9O2.C5H5.Fe/c1-2-8(9)10-7-5-3-4-6-7;1-2-4-5-3-1;/h3-6H,2H2,1H3;1-5H;. The Kier molecular flexibility index (Phi) is 0.153. The monoisotopic (exact) mass is 258 g/mol. The third-order valence-electron chi connectivity index (χ3n) is 15.1. The van der Waals surface area contributed by atoms with Gasteiger partial charge in [0.05, 0.1) is 0 Å². The molecule has 10 aliphatic heterocycles. The van der Waals surface area contributed by atoms with Crippen LogP contribution in [0, 0.1) is 0 Å². The van der Waals surface area contributed by atoms with Gasteiger partial charge in [0, 0.05) is 0 Å². The minimum absolute atomic E-state index is 0.146. The molecule has 4 unspecified atom stereocenters. The third-order valence-corrected chi connectivity index (χ3v) is 56.9. The predicted octanol–water partition coefficient (Wildman–Crippen LogP) is 3.24. The molecule has 3 heteroatoms. The summed E-state index contributed by atoms with van der Waals surface area (Å²) in [6, 6.07) is 0. The summed E-state index contributed by atoms with van der Waals surface area (Å²) in [5, 5.41) is 0. The molecule has 2 nitrogen and oxygen atoms in total. The number of carbonyl (C=O) groups is 1. The van der Waals surface area contributed by atoms with Gasteiger partial charge in [-0.3, -0.25) is 0 Å². The summed E-state index contributed by atoms with van der Waals surface area (Å²) in [7, 11) is 0. The van der Waals surface area contributed by atoms with E-state index in [2.05, 4.69) is 0 Å². The van der Waals surface area contributed by atoms with Crippen LogP contribution < -0.4 is 0 Å². The number of ether oxygens (including phenoxy) is 1. The summed E-state index contributed by atoms with van der Waals surface area (Å²) in [6.45, 7) is -1.10. The van der Waals surface area contributed by atoms with Gasteiger partial charge in [-0.25, -0.2) is 0 Å². The second kappa shape index (κ2) is 0.426. The molecule has 0 radical (unpaired) electrons. The van der Waals surface area contributed by atoms with Gasteiger partial charge in [-0.1, -0.05) is 0 Å². The van der Waals surface area contributed by atoms with Gasteiger partial charge in [0.1, 0.15) is 0 Å².